The molecule has 0 aliphatic heterocycles. The standard InChI is InChI=1S/C14H18N4O2S2/c1-10(12(19)16-11-6-4-3-5-7-11)21-14-18-17-13(22-14)15-8-9-20-2/h3-7,10H,8-9H2,1-2H3,(H,15,17)(H,16,19)/t10-/m0/s1. The Hall–Kier alpha value is -1.64. The molecule has 118 valence electrons. The molecule has 6 nitrogen and oxygen atoms in total. The van der Waals surface area contributed by atoms with Gasteiger partial charge >= 0.3 is 0 Å². The number of carbonyl (C=O) groups is 1. The second kappa shape index (κ2) is 8.72. The van der Waals surface area contributed by atoms with Crippen molar-refractivity contribution in [2.45, 2.75) is 16.5 Å². The molecule has 2 rings (SSSR count). The zero-order chi connectivity index (χ0) is 15.8. The van der Waals surface area contributed by atoms with Crippen LogP contribution in [0, 0.1) is 0 Å². The molecule has 1 amide bonds. The van der Waals surface area contributed by atoms with E-state index in [4.69, 9.17) is 4.74 Å². The van der Waals surface area contributed by atoms with Crippen LogP contribution in [0.2, 0.25) is 0 Å². The Morgan fingerprint density at radius 3 is 2.86 bits per heavy atom. The van der Waals surface area contributed by atoms with Crippen molar-refractivity contribution in [3.63, 3.8) is 0 Å². The fraction of sp³-hybridized carbons (Fsp3) is 0.357. The van der Waals surface area contributed by atoms with E-state index in [1.165, 1.54) is 23.1 Å². The lowest BCUT2D eigenvalue weighted by Crippen LogP contribution is -2.22. The molecule has 1 atom stereocenters. The number of carbonyl (C=O) groups excluding carboxylic acids is 1. The summed E-state index contributed by atoms with van der Waals surface area (Å²) in [5.41, 5.74) is 0.791. The third-order valence-corrected chi connectivity index (χ3v) is 4.74. The number of benzene rings is 1. The Bertz CT molecular complexity index is 592. The monoisotopic (exact) mass is 338 g/mol. The summed E-state index contributed by atoms with van der Waals surface area (Å²) in [6, 6.07) is 9.40. The number of hydrogen-bond acceptors (Lipinski definition) is 7. The minimum absolute atomic E-state index is 0.0553. The molecule has 0 fully saturated rings. The fourth-order valence-electron chi connectivity index (χ4n) is 1.56. The number of thioether (sulfide) groups is 1. The lowest BCUT2D eigenvalue weighted by molar-refractivity contribution is -0.115. The van der Waals surface area contributed by atoms with Gasteiger partial charge in [-0.3, -0.25) is 4.79 Å². The third kappa shape index (κ3) is 5.28. The lowest BCUT2D eigenvalue weighted by atomic mass is 10.3. The molecule has 0 spiro atoms. The van der Waals surface area contributed by atoms with Crippen molar-refractivity contribution in [3.05, 3.63) is 30.3 Å². The predicted molar refractivity (Wildman–Crippen MR) is 90.7 cm³/mol. The van der Waals surface area contributed by atoms with Gasteiger partial charge in [-0.15, -0.1) is 10.2 Å². The number of nitrogens with one attached hydrogen (secondary N) is 2. The number of para-hydroxylation sites is 1. The number of methoxy groups -OCH3 is 1. The predicted octanol–water partition coefficient (Wildman–Crippen LogP) is 2.72. The highest BCUT2D eigenvalue weighted by Crippen LogP contribution is 2.29. The third-order valence-electron chi connectivity index (χ3n) is 2.68. The second-order valence-corrected chi connectivity index (χ2v) is 6.97. The molecule has 0 bridgehead atoms. The van der Waals surface area contributed by atoms with Crippen LogP contribution in [0.3, 0.4) is 0 Å². The van der Waals surface area contributed by atoms with Crippen molar-refractivity contribution < 1.29 is 9.53 Å². The Kier molecular flexibility index (Phi) is 6.63. The largest absolute Gasteiger partial charge is 0.383 e. The number of aromatic nitrogens is 2. The number of ether oxygens (including phenoxy) is 1. The van der Waals surface area contributed by atoms with E-state index < -0.39 is 0 Å². The molecule has 0 saturated heterocycles. The summed E-state index contributed by atoms with van der Waals surface area (Å²) < 4.78 is 5.72. The van der Waals surface area contributed by atoms with E-state index in [2.05, 4.69) is 20.8 Å². The molecule has 0 radical (unpaired) electrons. The van der Waals surface area contributed by atoms with E-state index >= 15 is 0 Å². The average molecular weight is 338 g/mol. The van der Waals surface area contributed by atoms with Crippen molar-refractivity contribution in [1.82, 2.24) is 10.2 Å². The Balaban J connectivity index is 1.83. The van der Waals surface area contributed by atoms with Crippen LogP contribution in [0.4, 0.5) is 10.8 Å². The zero-order valence-corrected chi connectivity index (χ0v) is 14.0. The maximum atomic E-state index is 12.1. The highest BCUT2D eigenvalue weighted by Gasteiger charge is 2.17. The Labute approximate surface area is 137 Å². The molecule has 0 aliphatic carbocycles. The summed E-state index contributed by atoms with van der Waals surface area (Å²) in [5, 5.41) is 14.6. The number of nitrogens with zero attached hydrogens (tertiary/aromatic N) is 2. The molecule has 0 unspecified atom stereocenters. The summed E-state index contributed by atoms with van der Waals surface area (Å²) in [4.78, 5) is 12.1. The van der Waals surface area contributed by atoms with Crippen LogP contribution in [0.25, 0.3) is 0 Å². The molecule has 22 heavy (non-hydrogen) atoms. The molecular formula is C14H18N4O2S2. The zero-order valence-electron chi connectivity index (χ0n) is 12.4. The Morgan fingerprint density at radius 1 is 1.36 bits per heavy atom. The van der Waals surface area contributed by atoms with Gasteiger partial charge in [0.25, 0.3) is 0 Å². The van der Waals surface area contributed by atoms with Gasteiger partial charge in [-0.25, -0.2) is 0 Å². The molecule has 2 aromatic rings. The molecule has 2 N–H and O–H groups in total. The van der Waals surface area contributed by atoms with Crippen LogP contribution in [-0.2, 0) is 9.53 Å². The quantitative estimate of drug-likeness (QED) is 0.569. The van der Waals surface area contributed by atoms with E-state index in [9.17, 15) is 4.79 Å². The SMILES string of the molecule is COCCNc1nnc(S[C@@H](C)C(=O)Nc2ccccc2)s1. The normalized spacial score (nSPS) is 11.9. The highest BCUT2D eigenvalue weighted by atomic mass is 32.2. The van der Waals surface area contributed by atoms with Gasteiger partial charge in [0.15, 0.2) is 4.34 Å². The minimum atomic E-state index is -0.250. The van der Waals surface area contributed by atoms with Crippen LogP contribution in [0.15, 0.2) is 34.7 Å². The minimum Gasteiger partial charge on any atom is -0.383 e. The van der Waals surface area contributed by atoms with Crippen molar-refractivity contribution in [2.75, 3.05) is 30.9 Å². The highest BCUT2D eigenvalue weighted by molar-refractivity contribution is 8.02. The molecule has 1 heterocycles. The first-order valence-corrected chi connectivity index (χ1v) is 8.47. The maximum absolute atomic E-state index is 12.1. The molecule has 1 aromatic carbocycles. The van der Waals surface area contributed by atoms with Gasteiger partial charge in [-0.2, -0.15) is 0 Å². The van der Waals surface area contributed by atoms with Crippen molar-refractivity contribution in [3.8, 4) is 0 Å². The van der Waals surface area contributed by atoms with Crippen LogP contribution in [0.5, 0.6) is 0 Å². The van der Waals surface area contributed by atoms with Gasteiger partial charge in [0, 0.05) is 19.3 Å². The van der Waals surface area contributed by atoms with Gasteiger partial charge in [-0.1, -0.05) is 41.3 Å². The van der Waals surface area contributed by atoms with E-state index in [0.29, 0.717) is 13.2 Å². The molecule has 1 aromatic heterocycles. The lowest BCUT2D eigenvalue weighted by Gasteiger charge is -2.09. The smallest absolute Gasteiger partial charge is 0.237 e. The van der Waals surface area contributed by atoms with E-state index in [1.807, 2.05) is 37.3 Å². The van der Waals surface area contributed by atoms with E-state index in [-0.39, 0.29) is 11.2 Å². The first-order chi connectivity index (χ1) is 10.7. The van der Waals surface area contributed by atoms with Crippen molar-refractivity contribution >= 4 is 39.8 Å². The maximum Gasteiger partial charge on any atom is 0.237 e. The molecule has 0 aliphatic rings. The van der Waals surface area contributed by atoms with Crippen LogP contribution >= 0.6 is 23.1 Å². The van der Waals surface area contributed by atoms with Crippen LogP contribution < -0.4 is 10.6 Å². The summed E-state index contributed by atoms with van der Waals surface area (Å²) in [6.45, 7) is 3.14. The summed E-state index contributed by atoms with van der Waals surface area (Å²) in [7, 11) is 1.65. The van der Waals surface area contributed by atoms with Crippen molar-refractivity contribution in [1.29, 1.82) is 0 Å². The first kappa shape index (κ1) is 16.7. The van der Waals surface area contributed by atoms with Gasteiger partial charge in [0.1, 0.15) is 0 Å². The molecule has 8 heteroatoms. The van der Waals surface area contributed by atoms with Gasteiger partial charge in [0.05, 0.1) is 11.9 Å². The molecular weight excluding hydrogens is 320 g/mol. The van der Waals surface area contributed by atoms with E-state index in [1.54, 1.807) is 7.11 Å². The molecule has 0 saturated carbocycles. The fourth-order valence-corrected chi connectivity index (χ4v) is 3.48. The number of amides is 1. The first-order valence-electron chi connectivity index (χ1n) is 6.78. The average Bonchev–Trinajstić information content (AvgIpc) is 2.96. The Morgan fingerprint density at radius 2 is 2.14 bits per heavy atom. The van der Waals surface area contributed by atoms with Crippen LogP contribution in [0.1, 0.15) is 6.92 Å². The summed E-state index contributed by atoms with van der Waals surface area (Å²) >= 11 is 2.82. The van der Waals surface area contributed by atoms with Gasteiger partial charge in [-0.05, 0) is 19.1 Å². The summed E-state index contributed by atoms with van der Waals surface area (Å²) in [6.07, 6.45) is 0. The number of rotatable bonds is 8. The second-order valence-electron chi connectivity index (χ2n) is 4.41. The van der Waals surface area contributed by atoms with E-state index in [0.717, 1.165) is 15.2 Å². The summed E-state index contributed by atoms with van der Waals surface area (Å²) in [5.74, 6) is -0.0553. The van der Waals surface area contributed by atoms with Gasteiger partial charge in [0.2, 0.25) is 11.0 Å². The number of hydrogen-bond donors (Lipinski definition) is 2. The van der Waals surface area contributed by atoms with Crippen molar-refractivity contribution in [2.24, 2.45) is 0 Å². The number of anilines is 2. The van der Waals surface area contributed by atoms with Crippen LogP contribution in [-0.4, -0.2) is 41.6 Å². The topological polar surface area (TPSA) is 76.1 Å². The van der Waals surface area contributed by atoms with Gasteiger partial charge < -0.3 is 15.4 Å².